The molecule has 2 aromatic carbocycles. The Morgan fingerprint density at radius 2 is 1.43 bits per heavy atom. The fraction of sp³-hybridized carbons (Fsp3) is 0.346. The summed E-state index contributed by atoms with van der Waals surface area (Å²) in [6.07, 6.45) is -7.88. The number of nitrogens with zero attached hydrogens (tertiary/aromatic N) is 1. The van der Waals surface area contributed by atoms with Crippen LogP contribution in [0.15, 0.2) is 36.4 Å². The first kappa shape index (κ1) is 25.9. The maximum absolute atomic E-state index is 14.1. The van der Waals surface area contributed by atoms with Gasteiger partial charge in [0.05, 0.1) is 21.8 Å². The maximum Gasteiger partial charge on any atom is 0.417 e. The average Bonchev–Trinajstić information content (AvgIpc) is 3.43. The number of carbonyl (C=O) groups is 2. The normalized spacial score (nSPS) is 22.1. The summed E-state index contributed by atoms with van der Waals surface area (Å²) < 4.78 is 82.1. The molecule has 2 fully saturated rings. The van der Waals surface area contributed by atoms with Crippen molar-refractivity contribution in [2.45, 2.75) is 44.5 Å². The second kappa shape index (κ2) is 8.94. The molecule has 1 heterocycles. The molecule has 11 heteroatoms. The second-order valence-corrected chi connectivity index (χ2v) is 11.0. The molecule has 0 saturated heterocycles. The first-order chi connectivity index (χ1) is 17.3. The summed E-state index contributed by atoms with van der Waals surface area (Å²) in [7, 11) is 0. The number of fused-ring (bicyclic) bond motifs is 2. The standard InChI is InChI=1S/C26H18ClF6NO2S/c1-11-21(20-22(35)13-2-3-14(8-13)23(20)36)34-24(37-11)15-4-6-16(17(10-15)25(28,29)30)12-5-7-19(27)18(9-12)26(31,32)33/h4-7,9-10,13-14,20H,2-3,8H2,1H3/t13-,14-/m0/s1. The monoisotopic (exact) mass is 557 g/mol. The van der Waals surface area contributed by atoms with Gasteiger partial charge in [0, 0.05) is 22.3 Å². The molecule has 0 N–H and O–H groups in total. The molecule has 0 aliphatic heterocycles. The number of benzene rings is 2. The predicted molar refractivity (Wildman–Crippen MR) is 126 cm³/mol. The number of aromatic nitrogens is 1. The molecule has 2 aliphatic carbocycles. The Hall–Kier alpha value is -2.72. The van der Waals surface area contributed by atoms with Crippen LogP contribution < -0.4 is 0 Å². The van der Waals surface area contributed by atoms with Crippen LogP contribution in [0.25, 0.3) is 21.7 Å². The molecule has 2 atom stereocenters. The van der Waals surface area contributed by atoms with E-state index in [0.717, 1.165) is 35.6 Å². The van der Waals surface area contributed by atoms with Crippen molar-refractivity contribution in [2.75, 3.05) is 0 Å². The lowest BCUT2D eigenvalue weighted by Crippen LogP contribution is -2.35. The van der Waals surface area contributed by atoms with E-state index in [-0.39, 0.29) is 45.2 Å². The second-order valence-electron chi connectivity index (χ2n) is 9.36. The summed E-state index contributed by atoms with van der Waals surface area (Å²) >= 11 is 6.70. The van der Waals surface area contributed by atoms with Gasteiger partial charge in [0.25, 0.3) is 0 Å². The fourth-order valence-corrected chi connectivity index (χ4v) is 6.42. The van der Waals surface area contributed by atoms with Crippen molar-refractivity contribution in [3.8, 4) is 21.7 Å². The summed E-state index contributed by atoms with van der Waals surface area (Å²) in [6.45, 7) is 1.67. The number of ketones is 2. The highest BCUT2D eigenvalue weighted by Crippen LogP contribution is 2.47. The van der Waals surface area contributed by atoms with E-state index in [1.807, 2.05) is 0 Å². The molecule has 194 valence electrons. The van der Waals surface area contributed by atoms with Gasteiger partial charge < -0.3 is 0 Å². The predicted octanol–water partition coefficient (Wildman–Crippen LogP) is 8.13. The zero-order valence-electron chi connectivity index (χ0n) is 19.1. The largest absolute Gasteiger partial charge is 0.417 e. The van der Waals surface area contributed by atoms with E-state index in [1.54, 1.807) is 6.92 Å². The first-order valence-electron chi connectivity index (χ1n) is 11.4. The quantitative estimate of drug-likeness (QED) is 0.241. The molecule has 3 aromatic rings. The van der Waals surface area contributed by atoms with Gasteiger partial charge in [-0.2, -0.15) is 26.3 Å². The van der Waals surface area contributed by atoms with E-state index in [4.69, 9.17) is 11.6 Å². The van der Waals surface area contributed by atoms with Crippen molar-refractivity contribution in [1.29, 1.82) is 0 Å². The number of rotatable bonds is 3. The molecule has 2 bridgehead atoms. The lowest BCUT2D eigenvalue weighted by molar-refractivity contribution is -0.138. The minimum atomic E-state index is -4.88. The fourth-order valence-electron chi connectivity index (χ4n) is 5.25. The molecular weight excluding hydrogens is 540 g/mol. The van der Waals surface area contributed by atoms with Gasteiger partial charge in [-0.25, -0.2) is 4.98 Å². The Balaban J connectivity index is 1.57. The summed E-state index contributed by atoms with van der Waals surface area (Å²) in [6, 6.07) is 5.86. The molecular formula is C26H18ClF6NO2S. The number of carbonyl (C=O) groups excluding carboxylic acids is 2. The van der Waals surface area contributed by atoms with E-state index in [9.17, 15) is 35.9 Å². The van der Waals surface area contributed by atoms with Crippen LogP contribution >= 0.6 is 22.9 Å². The van der Waals surface area contributed by atoms with Crippen LogP contribution in [0.5, 0.6) is 0 Å². The Bertz CT molecular complexity index is 1410. The lowest BCUT2D eigenvalue weighted by Gasteiger charge is -2.24. The smallest absolute Gasteiger partial charge is 0.298 e. The SMILES string of the molecule is Cc1sc(-c2ccc(-c3ccc(Cl)c(C(F)(F)F)c3)c(C(F)(F)F)c2)nc1C1C(=O)[C@H]2CC[C@@H](C2)C1=O. The van der Waals surface area contributed by atoms with Crippen molar-refractivity contribution >= 4 is 34.5 Å². The molecule has 5 rings (SSSR count). The number of alkyl halides is 6. The van der Waals surface area contributed by atoms with E-state index in [2.05, 4.69) is 4.98 Å². The van der Waals surface area contributed by atoms with Crippen LogP contribution in [0, 0.1) is 18.8 Å². The van der Waals surface area contributed by atoms with Crippen LogP contribution in [-0.2, 0) is 21.9 Å². The Labute approximate surface area is 216 Å². The van der Waals surface area contributed by atoms with Crippen LogP contribution in [-0.4, -0.2) is 16.6 Å². The Kier molecular flexibility index (Phi) is 6.26. The number of hydrogen-bond acceptors (Lipinski definition) is 4. The number of aryl methyl sites for hydroxylation is 1. The highest BCUT2D eigenvalue weighted by Gasteiger charge is 2.49. The van der Waals surface area contributed by atoms with Gasteiger partial charge in [-0.05, 0) is 55.5 Å². The summed E-state index contributed by atoms with van der Waals surface area (Å²) in [5.74, 6) is -1.78. The highest BCUT2D eigenvalue weighted by atomic mass is 35.5. The number of thiazole rings is 1. The van der Waals surface area contributed by atoms with Gasteiger partial charge in [0.2, 0.25) is 0 Å². The third-order valence-corrected chi connectivity index (χ3v) is 8.43. The Morgan fingerprint density at radius 1 is 0.865 bits per heavy atom. The molecule has 0 radical (unpaired) electrons. The van der Waals surface area contributed by atoms with Gasteiger partial charge in [-0.1, -0.05) is 29.8 Å². The zero-order valence-corrected chi connectivity index (χ0v) is 20.7. The minimum absolute atomic E-state index is 0.0825. The van der Waals surface area contributed by atoms with Crippen LogP contribution in [0.1, 0.15) is 46.9 Å². The molecule has 0 amide bonds. The van der Waals surface area contributed by atoms with Crippen molar-refractivity contribution < 1.29 is 35.9 Å². The molecule has 0 spiro atoms. The summed E-state index contributed by atoms with van der Waals surface area (Å²) in [4.78, 5) is 30.8. The van der Waals surface area contributed by atoms with Crippen LogP contribution in [0.2, 0.25) is 5.02 Å². The van der Waals surface area contributed by atoms with Gasteiger partial charge in [-0.3, -0.25) is 9.59 Å². The van der Waals surface area contributed by atoms with E-state index in [1.165, 1.54) is 6.07 Å². The molecule has 0 unspecified atom stereocenters. The lowest BCUT2D eigenvalue weighted by atomic mass is 9.77. The zero-order chi connectivity index (χ0) is 26.9. The summed E-state index contributed by atoms with van der Waals surface area (Å²) in [5, 5.41) is -0.428. The van der Waals surface area contributed by atoms with Crippen molar-refractivity contribution in [3.63, 3.8) is 0 Å². The molecule has 2 saturated carbocycles. The maximum atomic E-state index is 14.1. The molecule has 1 aromatic heterocycles. The van der Waals surface area contributed by atoms with E-state index >= 15 is 0 Å². The van der Waals surface area contributed by atoms with Crippen molar-refractivity contribution in [3.05, 3.63) is 63.1 Å². The number of halogens is 7. The van der Waals surface area contributed by atoms with Crippen molar-refractivity contribution in [2.24, 2.45) is 11.8 Å². The average molecular weight is 558 g/mol. The minimum Gasteiger partial charge on any atom is -0.298 e. The topological polar surface area (TPSA) is 47.0 Å². The molecule has 37 heavy (non-hydrogen) atoms. The third-order valence-electron chi connectivity index (χ3n) is 7.07. The first-order valence-corrected chi connectivity index (χ1v) is 12.6. The van der Waals surface area contributed by atoms with E-state index in [0.29, 0.717) is 30.2 Å². The van der Waals surface area contributed by atoms with Crippen LogP contribution in [0.3, 0.4) is 0 Å². The van der Waals surface area contributed by atoms with Crippen molar-refractivity contribution in [1.82, 2.24) is 4.98 Å². The third kappa shape index (κ3) is 4.58. The molecule has 3 nitrogen and oxygen atoms in total. The molecule has 2 aliphatic rings. The number of Topliss-reactive ketones (excluding diaryl/α,β-unsaturated/α-hetero) is 2. The van der Waals surface area contributed by atoms with Gasteiger partial charge in [0.15, 0.2) is 11.6 Å². The van der Waals surface area contributed by atoms with Crippen LogP contribution in [0.4, 0.5) is 26.3 Å². The van der Waals surface area contributed by atoms with Gasteiger partial charge >= 0.3 is 12.4 Å². The van der Waals surface area contributed by atoms with E-state index < -0.39 is 40.0 Å². The summed E-state index contributed by atoms with van der Waals surface area (Å²) in [5.41, 5.74) is -2.75. The van der Waals surface area contributed by atoms with Gasteiger partial charge in [-0.15, -0.1) is 11.3 Å². The highest BCUT2D eigenvalue weighted by molar-refractivity contribution is 7.15. The Morgan fingerprint density at radius 3 is 2.03 bits per heavy atom. The number of hydrogen-bond donors (Lipinski definition) is 0. The van der Waals surface area contributed by atoms with Gasteiger partial charge in [0.1, 0.15) is 10.9 Å².